The number of aryl methyl sites for hydroxylation is 1. The predicted molar refractivity (Wildman–Crippen MR) is 173 cm³/mol. The molecule has 0 N–H and O–H groups in total. The van der Waals surface area contributed by atoms with Crippen LogP contribution >= 0.6 is 0 Å². The fraction of sp³-hybridized carbons (Fsp3) is 0.0256. The van der Waals surface area contributed by atoms with E-state index in [1.165, 1.54) is 60.8 Å². The Morgan fingerprint density at radius 3 is 1.83 bits per heavy atom. The number of hydrogen-bond donors (Lipinski definition) is 0. The topological polar surface area (TPSA) is 8.82 Å². The molecule has 4 heterocycles. The maximum absolute atomic E-state index is 2.24. The van der Waals surface area contributed by atoms with E-state index >= 15 is 0 Å². The molecule has 0 aliphatic heterocycles. The van der Waals surface area contributed by atoms with Gasteiger partial charge in [-0.2, -0.15) is 0 Å². The van der Waals surface area contributed by atoms with Crippen LogP contribution in [0.1, 0.15) is 5.56 Å². The van der Waals surface area contributed by atoms with E-state index in [9.17, 15) is 0 Å². The molecule has 0 spiro atoms. The Morgan fingerprint density at radius 1 is 0.415 bits per heavy atom. The van der Waals surface area contributed by atoms with Crippen molar-refractivity contribution in [2.45, 2.75) is 6.92 Å². The number of pyridine rings is 2. The van der Waals surface area contributed by atoms with Crippen LogP contribution in [0, 0.1) is 6.92 Å². The molecule has 0 atom stereocenters. The minimum atomic E-state index is 1.24. The first-order valence-electron chi connectivity index (χ1n) is 14.0. The highest BCUT2D eigenvalue weighted by Crippen LogP contribution is 2.37. The zero-order valence-electron chi connectivity index (χ0n) is 23.0. The average molecular weight is 527 g/mol. The number of hydrogen-bond acceptors (Lipinski definition) is 0. The number of rotatable bonds is 3. The first kappa shape index (κ1) is 24.7. The van der Waals surface area contributed by atoms with Crippen molar-refractivity contribution in [1.29, 1.82) is 0 Å². The van der Waals surface area contributed by atoms with E-state index < -0.39 is 0 Å². The highest BCUT2D eigenvalue weighted by atomic mass is 14.9. The van der Waals surface area contributed by atoms with Crippen molar-refractivity contribution in [2.24, 2.45) is 0 Å². The molecule has 0 aliphatic rings. The fourth-order valence-corrected chi connectivity index (χ4v) is 5.87. The van der Waals surface area contributed by atoms with Crippen LogP contribution in [0.5, 0.6) is 0 Å². The Labute approximate surface area is 240 Å². The second kappa shape index (κ2) is 10.7. The number of aromatic nitrogens is 2. The molecule has 8 aromatic rings. The van der Waals surface area contributed by atoms with E-state index in [2.05, 4.69) is 180 Å². The summed E-state index contributed by atoms with van der Waals surface area (Å²) in [5.41, 5.74) is 11.5. The maximum atomic E-state index is 2.24. The molecule has 0 fully saturated rings. The monoisotopic (exact) mass is 526 g/mol. The maximum Gasteiger partial charge on any atom is 0.0534 e. The third-order valence-electron chi connectivity index (χ3n) is 7.89. The molecular weight excluding hydrogens is 496 g/mol. The summed E-state index contributed by atoms with van der Waals surface area (Å²) in [5.74, 6) is 0. The molecule has 2 heteroatoms. The standard InChI is InChI=1S/C20H15N.C19H15N/c1-3-9-16(10-4-1)18-15-21-14-8-7-13-19(21)20(18)17-11-5-2-6-12-17;1-14-16-7-3-2-6-15(16)9-10-17(14)18-11-13-20-12-5-4-8-19(18)20/h1-15H;2-13H,1H3. The summed E-state index contributed by atoms with van der Waals surface area (Å²) in [5, 5.41) is 2.64. The lowest BCUT2D eigenvalue weighted by atomic mass is 9.96. The molecule has 8 rings (SSSR count). The van der Waals surface area contributed by atoms with Crippen LogP contribution in [-0.4, -0.2) is 8.80 Å². The third-order valence-corrected chi connectivity index (χ3v) is 7.89. The van der Waals surface area contributed by atoms with Gasteiger partial charge in [-0.05, 0) is 70.3 Å². The predicted octanol–water partition coefficient (Wildman–Crippen LogP) is 10.3. The molecule has 0 amide bonds. The van der Waals surface area contributed by atoms with Crippen molar-refractivity contribution in [3.8, 4) is 33.4 Å². The summed E-state index contributed by atoms with van der Waals surface area (Å²) in [7, 11) is 0. The van der Waals surface area contributed by atoms with Crippen molar-refractivity contribution in [3.63, 3.8) is 0 Å². The minimum absolute atomic E-state index is 1.24. The molecule has 0 saturated carbocycles. The molecular formula is C39H30N2. The molecule has 41 heavy (non-hydrogen) atoms. The lowest BCUT2D eigenvalue weighted by molar-refractivity contribution is 1.20. The second-order valence-electron chi connectivity index (χ2n) is 10.3. The molecule has 4 aromatic heterocycles. The van der Waals surface area contributed by atoms with Crippen LogP contribution in [0.3, 0.4) is 0 Å². The van der Waals surface area contributed by atoms with E-state index in [1.807, 2.05) is 0 Å². The van der Waals surface area contributed by atoms with Gasteiger partial charge in [0.1, 0.15) is 0 Å². The smallest absolute Gasteiger partial charge is 0.0534 e. The third kappa shape index (κ3) is 4.60. The van der Waals surface area contributed by atoms with Crippen LogP contribution < -0.4 is 0 Å². The van der Waals surface area contributed by atoms with Crippen LogP contribution in [0.4, 0.5) is 0 Å². The Kier molecular flexibility index (Phi) is 6.42. The van der Waals surface area contributed by atoms with E-state index in [4.69, 9.17) is 0 Å². The zero-order valence-corrected chi connectivity index (χ0v) is 23.0. The molecule has 196 valence electrons. The number of fused-ring (bicyclic) bond motifs is 3. The molecule has 0 bridgehead atoms. The summed E-state index contributed by atoms with van der Waals surface area (Å²) in [6, 6.07) is 49.0. The van der Waals surface area contributed by atoms with Crippen molar-refractivity contribution >= 4 is 21.8 Å². The van der Waals surface area contributed by atoms with Gasteiger partial charge in [0, 0.05) is 41.5 Å². The molecule has 4 aromatic carbocycles. The van der Waals surface area contributed by atoms with Crippen LogP contribution in [0.25, 0.3) is 55.2 Å². The summed E-state index contributed by atoms with van der Waals surface area (Å²) in [6.45, 7) is 2.21. The fourth-order valence-electron chi connectivity index (χ4n) is 5.87. The van der Waals surface area contributed by atoms with Gasteiger partial charge in [0.2, 0.25) is 0 Å². The summed E-state index contributed by atoms with van der Waals surface area (Å²) in [6.07, 6.45) is 8.54. The highest BCUT2D eigenvalue weighted by Gasteiger charge is 2.13. The van der Waals surface area contributed by atoms with Crippen molar-refractivity contribution in [3.05, 3.63) is 170 Å². The SMILES string of the molecule is Cc1c(-c2ccn3ccccc23)ccc2ccccc12.c1ccc(-c2cn3ccccc3c2-c2ccccc2)cc1. The van der Waals surface area contributed by atoms with E-state index in [0.29, 0.717) is 0 Å². The molecule has 0 saturated heterocycles. The Balaban J connectivity index is 0.000000135. The van der Waals surface area contributed by atoms with Crippen LogP contribution in [0.2, 0.25) is 0 Å². The number of nitrogens with zero attached hydrogens (tertiary/aromatic N) is 2. The largest absolute Gasteiger partial charge is 0.323 e. The Morgan fingerprint density at radius 2 is 1.05 bits per heavy atom. The normalized spacial score (nSPS) is 11.0. The first-order valence-corrected chi connectivity index (χ1v) is 14.0. The quantitative estimate of drug-likeness (QED) is 0.216. The van der Waals surface area contributed by atoms with Gasteiger partial charge in [-0.1, -0.05) is 109 Å². The molecule has 0 unspecified atom stereocenters. The highest BCUT2D eigenvalue weighted by molar-refractivity contribution is 5.95. The second-order valence-corrected chi connectivity index (χ2v) is 10.3. The van der Waals surface area contributed by atoms with Crippen LogP contribution in [0.15, 0.2) is 164 Å². The van der Waals surface area contributed by atoms with E-state index in [1.54, 1.807) is 0 Å². The molecule has 0 radical (unpaired) electrons. The number of benzene rings is 4. The van der Waals surface area contributed by atoms with Gasteiger partial charge in [0.05, 0.1) is 11.0 Å². The first-order chi connectivity index (χ1) is 20.3. The van der Waals surface area contributed by atoms with Crippen molar-refractivity contribution < 1.29 is 0 Å². The summed E-state index contributed by atoms with van der Waals surface area (Å²) in [4.78, 5) is 0. The van der Waals surface area contributed by atoms with Gasteiger partial charge in [-0.3, -0.25) is 0 Å². The summed E-state index contributed by atoms with van der Waals surface area (Å²) < 4.78 is 4.37. The lowest BCUT2D eigenvalue weighted by Crippen LogP contribution is -1.86. The Hall–Kier alpha value is -5.34. The van der Waals surface area contributed by atoms with Gasteiger partial charge in [0.25, 0.3) is 0 Å². The van der Waals surface area contributed by atoms with Gasteiger partial charge in [-0.15, -0.1) is 0 Å². The van der Waals surface area contributed by atoms with Gasteiger partial charge in [0.15, 0.2) is 0 Å². The lowest BCUT2D eigenvalue weighted by Gasteiger charge is -2.09. The zero-order chi connectivity index (χ0) is 27.6. The van der Waals surface area contributed by atoms with E-state index in [0.717, 1.165) is 0 Å². The van der Waals surface area contributed by atoms with Gasteiger partial charge in [-0.25, -0.2) is 0 Å². The van der Waals surface area contributed by atoms with Gasteiger partial charge < -0.3 is 8.80 Å². The van der Waals surface area contributed by atoms with Gasteiger partial charge >= 0.3 is 0 Å². The molecule has 2 nitrogen and oxygen atoms in total. The summed E-state index contributed by atoms with van der Waals surface area (Å²) >= 11 is 0. The van der Waals surface area contributed by atoms with Crippen molar-refractivity contribution in [2.75, 3.05) is 0 Å². The average Bonchev–Trinajstić information content (AvgIpc) is 3.65. The van der Waals surface area contributed by atoms with E-state index in [-0.39, 0.29) is 0 Å². The Bertz CT molecular complexity index is 2100. The minimum Gasteiger partial charge on any atom is -0.323 e. The van der Waals surface area contributed by atoms with Crippen molar-refractivity contribution in [1.82, 2.24) is 8.80 Å². The van der Waals surface area contributed by atoms with Crippen LogP contribution in [-0.2, 0) is 0 Å². The molecule has 0 aliphatic carbocycles.